The van der Waals surface area contributed by atoms with E-state index in [4.69, 9.17) is 9.47 Å². The molecule has 3 atom stereocenters. The number of hydrogen-bond donors (Lipinski definition) is 1. The Balaban J connectivity index is 2.23. The fourth-order valence-corrected chi connectivity index (χ4v) is 2.60. The zero-order valence-corrected chi connectivity index (χ0v) is 14.7. The Bertz CT molecular complexity index is 657. The standard InChI is InChI=1S/C21H25NO3/c1-4-19(25-16(3)24-5-2)20(17-12-8-6-9-13-17)22-21(23)18-14-10-7-11-15-18/h4,6-16,19-20H,1,5H2,2-3H3,(H,22,23). The molecule has 0 aliphatic heterocycles. The topological polar surface area (TPSA) is 47.6 Å². The van der Waals surface area contributed by atoms with E-state index in [1.54, 1.807) is 18.2 Å². The second-order valence-corrected chi connectivity index (χ2v) is 5.59. The second kappa shape index (κ2) is 9.77. The van der Waals surface area contributed by atoms with E-state index in [-0.39, 0.29) is 11.9 Å². The fourth-order valence-electron chi connectivity index (χ4n) is 2.60. The average Bonchev–Trinajstić information content (AvgIpc) is 2.66. The minimum Gasteiger partial charge on any atom is -0.353 e. The molecule has 0 radical (unpaired) electrons. The van der Waals surface area contributed by atoms with E-state index in [9.17, 15) is 4.79 Å². The summed E-state index contributed by atoms with van der Waals surface area (Å²) in [6, 6.07) is 18.5. The molecule has 4 nitrogen and oxygen atoms in total. The molecule has 0 fully saturated rings. The van der Waals surface area contributed by atoms with E-state index < -0.39 is 12.4 Å². The highest BCUT2D eigenvalue weighted by Gasteiger charge is 2.25. The first-order valence-electron chi connectivity index (χ1n) is 8.46. The summed E-state index contributed by atoms with van der Waals surface area (Å²) in [4.78, 5) is 12.6. The molecule has 4 heteroatoms. The maximum atomic E-state index is 12.6. The summed E-state index contributed by atoms with van der Waals surface area (Å²) in [5.41, 5.74) is 1.55. The van der Waals surface area contributed by atoms with Crippen LogP contribution in [0.5, 0.6) is 0 Å². The Morgan fingerprint density at radius 2 is 1.72 bits per heavy atom. The van der Waals surface area contributed by atoms with Crippen molar-refractivity contribution < 1.29 is 14.3 Å². The van der Waals surface area contributed by atoms with Gasteiger partial charge in [-0.2, -0.15) is 0 Å². The predicted octanol–water partition coefficient (Wildman–Crippen LogP) is 4.11. The van der Waals surface area contributed by atoms with Gasteiger partial charge >= 0.3 is 0 Å². The van der Waals surface area contributed by atoms with E-state index in [0.717, 1.165) is 5.56 Å². The third-order valence-electron chi connectivity index (χ3n) is 3.79. The van der Waals surface area contributed by atoms with Gasteiger partial charge in [-0.25, -0.2) is 0 Å². The van der Waals surface area contributed by atoms with Gasteiger partial charge in [0, 0.05) is 12.2 Å². The molecule has 132 valence electrons. The molecule has 2 aromatic carbocycles. The lowest BCUT2D eigenvalue weighted by atomic mass is 10.0. The molecule has 1 amide bonds. The Morgan fingerprint density at radius 1 is 1.12 bits per heavy atom. The summed E-state index contributed by atoms with van der Waals surface area (Å²) >= 11 is 0. The summed E-state index contributed by atoms with van der Waals surface area (Å²) in [5, 5.41) is 3.06. The van der Waals surface area contributed by atoms with E-state index >= 15 is 0 Å². The van der Waals surface area contributed by atoms with Crippen LogP contribution < -0.4 is 5.32 Å². The highest BCUT2D eigenvalue weighted by molar-refractivity contribution is 5.94. The van der Waals surface area contributed by atoms with Crippen LogP contribution in [0.2, 0.25) is 0 Å². The van der Waals surface area contributed by atoms with Gasteiger partial charge in [0.2, 0.25) is 0 Å². The number of hydrogen-bond acceptors (Lipinski definition) is 3. The number of nitrogens with one attached hydrogen (secondary N) is 1. The predicted molar refractivity (Wildman–Crippen MR) is 99.2 cm³/mol. The van der Waals surface area contributed by atoms with Crippen LogP contribution in [-0.2, 0) is 9.47 Å². The van der Waals surface area contributed by atoms with Gasteiger partial charge in [-0.05, 0) is 31.5 Å². The van der Waals surface area contributed by atoms with E-state index in [2.05, 4.69) is 11.9 Å². The van der Waals surface area contributed by atoms with Crippen molar-refractivity contribution >= 4 is 5.91 Å². The van der Waals surface area contributed by atoms with Crippen molar-refractivity contribution in [3.63, 3.8) is 0 Å². The van der Waals surface area contributed by atoms with Gasteiger partial charge in [-0.15, -0.1) is 6.58 Å². The van der Waals surface area contributed by atoms with Gasteiger partial charge < -0.3 is 14.8 Å². The van der Waals surface area contributed by atoms with E-state index in [1.165, 1.54) is 0 Å². The first kappa shape index (κ1) is 18.9. The highest BCUT2D eigenvalue weighted by Crippen LogP contribution is 2.22. The van der Waals surface area contributed by atoms with Gasteiger partial charge in [0.05, 0.1) is 6.04 Å². The first-order valence-corrected chi connectivity index (χ1v) is 8.46. The summed E-state index contributed by atoms with van der Waals surface area (Å²) in [7, 11) is 0. The highest BCUT2D eigenvalue weighted by atomic mass is 16.7. The molecular weight excluding hydrogens is 314 g/mol. The zero-order valence-electron chi connectivity index (χ0n) is 14.7. The smallest absolute Gasteiger partial charge is 0.251 e. The molecule has 3 unspecified atom stereocenters. The molecule has 0 spiro atoms. The van der Waals surface area contributed by atoms with Gasteiger partial charge in [0.25, 0.3) is 5.91 Å². The lowest BCUT2D eigenvalue weighted by molar-refractivity contribution is -0.151. The third-order valence-corrected chi connectivity index (χ3v) is 3.79. The number of carbonyl (C=O) groups excluding carboxylic acids is 1. The molecule has 25 heavy (non-hydrogen) atoms. The summed E-state index contributed by atoms with van der Waals surface area (Å²) in [5.74, 6) is -0.158. The molecule has 0 saturated carbocycles. The van der Waals surface area contributed by atoms with Crippen LogP contribution in [0.3, 0.4) is 0 Å². The van der Waals surface area contributed by atoms with E-state index in [0.29, 0.717) is 12.2 Å². The van der Waals surface area contributed by atoms with Crippen LogP contribution in [0.1, 0.15) is 35.8 Å². The second-order valence-electron chi connectivity index (χ2n) is 5.59. The fraction of sp³-hybridized carbons (Fsp3) is 0.286. The van der Waals surface area contributed by atoms with Crippen LogP contribution in [0.15, 0.2) is 73.3 Å². The number of carbonyl (C=O) groups is 1. The Kier molecular flexibility index (Phi) is 7.38. The minimum atomic E-state index is -0.420. The maximum absolute atomic E-state index is 12.6. The van der Waals surface area contributed by atoms with Gasteiger partial charge in [-0.3, -0.25) is 4.79 Å². The molecule has 2 aromatic rings. The molecule has 0 bridgehead atoms. The molecule has 1 N–H and O–H groups in total. The van der Waals surface area contributed by atoms with Crippen LogP contribution in [0.4, 0.5) is 0 Å². The SMILES string of the molecule is C=CC(OC(C)OCC)C(NC(=O)c1ccccc1)c1ccccc1. The van der Waals surface area contributed by atoms with Crippen LogP contribution >= 0.6 is 0 Å². The Morgan fingerprint density at radius 3 is 2.28 bits per heavy atom. The lowest BCUT2D eigenvalue weighted by Gasteiger charge is -2.28. The minimum absolute atomic E-state index is 0.158. The van der Waals surface area contributed by atoms with Crippen molar-refractivity contribution in [2.45, 2.75) is 32.3 Å². The Hall–Kier alpha value is -2.43. The quantitative estimate of drug-likeness (QED) is 0.552. The van der Waals surface area contributed by atoms with Crippen molar-refractivity contribution in [2.75, 3.05) is 6.61 Å². The number of ether oxygens (including phenoxy) is 2. The largest absolute Gasteiger partial charge is 0.353 e. The maximum Gasteiger partial charge on any atom is 0.251 e. The van der Waals surface area contributed by atoms with Gasteiger partial charge in [0.15, 0.2) is 6.29 Å². The van der Waals surface area contributed by atoms with Gasteiger partial charge in [0.1, 0.15) is 6.10 Å². The molecular formula is C21H25NO3. The van der Waals surface area contributed by atoms with E-state index in [1.807, 2.05) is 62.4 Å². The normalized spacial score (nSPS) is 14.3. The van der Waals surface area contributed by atoms with Crippen molar-refractivity contribution in [3.05, 3.63) is 84.4 Å². The number of benzene rings is 2. The van der Waals surface area contributed by atoms with Crippen LogP contribution in [0, 0.1) is 0 Å². The van der Waals surface area contributed by atoms with Crippen molar-refractivity contribution in [3.8, 4) is 0 Å². The number of rotatable bonds is 9. The molecule has 0 aromatic heterocycles. The van der Waals surface area contributed by atoms with Gasteiger partial charge in [-0.1, -0.05) is 54.6 Å². The van der Waals surface area contributed by atoms with Crippen molar-refractivity contribution in [2.24, 2.45) is 0 Å². The summed E-state index contributed by atoms with van der Waals surface area (Å²) < 4.78 is 11.4. The summed E-state index contributed by atoms with van der Waals surface area (Å²) in [6.07, 6.45) is 0.878. The monoisotopic (exact) mass is 339 g/mol. The molecule has 0 saturated heterocycles. The van der Waals surface area contributed by atoms with Crippen LogP contribution in [-0.4, -0.2) is 24.9 Å². The molecule has 0 heterocycles. The molecule has 0 aliphatic carbocycles. The summed E-state index contributed by atoms with van der Waals surface area (Å²) in [6.45, 7) is 8.17. The number of amides is 1. The van der Waals surface area contributed by atoms with Crippen molar-refractivity contribution in [1.29, 1.82) is 0 Å². The molecule has 0 aliphatic rings. The Labute approximate surface area is 149 Å². The molecule has 2 rings (SSSR count). The van der Waals surface area contributed by atoms with Crippen molar-refractivity contribution in [1.82, 2.24) is 5.32 Å². The van der Waals surface area contributed by atoms with Crippen LogP contribution in [0.25, 0.3) is 0 Å². The first-order chi connectivity index (χ1) is 12.2. The average molecular weight is 339 g/mol. The third kappa shape index (κ3) is 5.55. The lowest BCUT2D eigenvalue weighted by Crippen LogP contribution is -2.38. The zero-order chi connectivity index (χ0) is 18.1.